The molecule has 9 rings (SSSR count). The SMILES string of the molecule is CC1(C)C=Cc2c(C3CCCC3)ccc3nc(-c4[c-]cccc4)n1c23.[Ir].[c-]1ccc2c(oc3ccccc32)c1-c1ccccn1. The van der Waals surface area contributed by atoms with Gasteiger partial charge in [0.2, 0.25) is 0 Å². The van der Waals surface area contributed by atoms with Crippen LogP contribution in [0.2, 0.25) is 0 Å². The van der Waals surface area contributed by atoms with Crippen molar-refractivity contribution in [2.75, 3.05) is 0 Å². The van der Waals surface area contributed by atoms with Gasteiger partial charge in [0.15, 0.2) is 0 Å². The number of pyridine rings is 1. The largest absolute Gasteiger partial charge is 0.501 e. The second kappa shape index (κ2) is 11.9. The van der Waals surface area contributed by atoms with Gasteiger partial charge in [0.05, 0.1) is 28.0 Å². The van der Waals surface area contributed by atoms with Gasteiger partial charge in [-0.05, 0) is 62.1 Å². The molecule has 1 aliphatic carbocycles. The third kappa shape index (κ3) is 5.14. The zero-order chi connectivity index (χ0) is 29.7. The molecule has 1 aliphatic heterocycles. The molecule has 1 fully saturated rings. The number of allylic oxidation sites excluding steroid dienone is 1. The van der Waals surface area contributed by atoms with Crippen LogP contribution in [0.25, 0.3) is 61.7 Å². The number of nitrogens with zero attached hydrogens (tertiary/aromatic N) is 3. The normalized spacial score (nSPS) is 15.2. The molecule has 1 radical (unpaired) electrons. The molecule has 0 spiro atoms. The minimum Gasteiger partial charge on any atom is -0.501 e. The maximum absolute atomic E-state index is 5.97. The van der Waals surface area contributed by atoms with Crippen LogP contribution in [0.3, 0.4) is 0 Å². The van der Waals surface area contributed by atoms with Crippen molar-refractivity contribution in [1.29, 1.82) is 0 Å². The first-order valence-electron chi connectivity index (χ1n) is 15.5. The third-order valence-electron chi connectivity index (χ3n) is 9.13. The monoisotopic (exact) mass is 764 g/mol. The molecule has 0 N–H and O–H groups in total. The fourth-order valence-corrected chi connectivity index (χ4v) is 7.00. The number of furan rings is 1. The summed E-state index contributed by atoms with van der Waals surface area (Å²) in [5.41, 5.74) is 9.81. The summed E-state index contributed by atoms with van der Waals surface area (Å²) in [6, 6.07) is 37.2. The van der Waals surface area contributed by atoms with Crippen molar-refractivity contribution in [1.82, 2.24) is 14.5 Å². The van der Waals surface area contributed by atoms with E-state index >= 15 is 0 Å². The van der Waals surface area contributed by atoms with Gasteiger partial charge in [0, 0.05) is 37.3 Å². The van der Waals surface area contributed by atoms with E-state index in [1.165, 1.54) is 42.3 Å². The van der Waals surface area contributed by atoms with E-state index in [4.69, 9.17) is 9.40 Å². The summed E-state index contributed by atoms with van der Waals surface area (Å²) < 4.78 is 8.39. The van der Waals surface area contributed by atoms with Gasteiger partial charge in [-0.3, -0.25) is 4.98 Å². The fraction of sp³-hybridized carbons (Fsp3) is 0.200. The summed E-state index contributed by atoms with van der Waals surface area (Å²) in [6.07, 6.45) is 11.8. The van der Waals surface area contributed by atoms with Crippen LogP contribution in [0.5, 0.6) is 0 Å². The summed E-state index contributed by atoms with van der Waals surface area (Å²) in [4.78, 5) is 9.39. The van der Waals surface area contributed by atoms with E-state index < -0.39 is 0 Å². The van der Waals surface area contributed by atoms with Crippen molar-refractivity contribution in [2.45, 2.75) is 51.0 Å². The first kappa shape index (κ1) is 29.4. The van der Waals surface area contributed by atoms with Gasteiger partial charge in [0.1, 0.15) is 5.58 Å². The molecule has 2 aliphatic rings. The topological polar surface area (TPSA) is 43.9 Å². The maximum atomic E-state index is 5.97. The summed E-state index contributed by atoms with van der Waals surface area (Å²) >= 11 is 0. The van der Waals surface area contributed by atoms with Crippen LogP contribution in [-0.2, 0) is 25.6 Å². The van der Waals surface area contributed by atoms with Gasteiger partial charge in [-0.2, -0.15) is 0 Å². The second-order valence-corrected chi connectivity index (χ2v) is 12.4. The smallest absolute Gasteiger partial charge is 0.120 e. The van der Waals surface area contributed by atoms with Crippen LogP contribution in [0.1, 0.15) is 56.6 Å². The van der Waals surface area contributed by atoms with Gasteiger partial charge in [0.25, 0.3) is 0 Å². The molecule has 4 heterocycles. The molecule has 0 amide bonds. The van der Waals surface area contributed by atoms with Gasteiger partial charge in [-0.15, -0.1) is 54.1 Å². The quantitative estimate of drug-likeness (QED) is 0.168. The molecule has 5 heteroatoms. The minimum absolute atomic E-state index is 0. The average molecular weight is 764 g/mol. The molecule has 0 bridgehead atoms. The van der Waals surface area contributed by atoms with Gasteiger partial charge < -0.3 is 14.0 Å². The molecule has 0 unspecified atom stereocenters. The van der Waals surface area contributed by atoms with Crippen LogP contribution in [-0.4, -0.2) is 14.5 Å². The zero-order valence-electron chi connectivity index (χ0n) is 25.4. The van der Waals surface area contributed by atoms with Crippen LogP contribution in [0, 0.1) is 12.1 Å². The molecular weight excluding hydrogens is 731 g/mol. The number of aromatic nitrogens is 3. The third-order valence-corrected chi connectivity index (χ3v) is 9.13. The molecule has 3 aromatic heterocycles. The van der Waals surface area contributed by atoms with Gasteiger partial charge >= 0.3 is 0 Å². The van der Waals surface area contributed by atoms with E-state index in [1.54, 1.807) is 6.20 Å². The molecule has 4 aromatic carbocycles. The average Bonchev–Trinajstić information content (AvgIpc) is 3.82. The van der Waals surface area contributed by atoms with Crippen LogP contribution in [0.4, 0.5) is 0 Å². The summed E-state index contributed by atoms with van der Waals surface area (Å²) in [6.45, 7) is 4.53. The number of para-hydroxylation sites is 1. The van der Waals surface area contributed by atoms with E-state index in [-0.39, 0.29) is 25.6 Å². The van der Waals surface area contributed by atoms with E-state index in [2.05, 4.69) is 78.0 Å². The standard InChI is InChI=1S/C23H23N2.C17H10NO.Ir/c1-23(2)15-14-19-18(16-8-6-7-9-16)12-13-20-21(19)25(23)22(24-20)17-10-4-3-5-11-17;1-2-10-16-12(6-1)13-7-5-8-14(17(13)19-16)15-9-3-4-11-18-15;/h3-5,10,12-16H,6-9H2,1-2H3;1-7,9-11H;/q2*-1;. The van der Waals surface area contributed by atoms with Crippen LogP contribution < -0.4 is 0 Å². The van der Waals surface area contributed by atoms with Crippen molar-refractivity contribution in [3.63, 3.8) is 0 Å². The summed E-state index contributed by atoms with van der Waals surface area (Å²) in [7, 11) is 0. The molecule has 1 saturated carbocycles. The number of hydrogen-bond acceptors (Lipinski definition) is 3. The Morgan fingerprint density at radius 2 is 1.67 bits per heavy atom. The Morgan fingerprint density at radius 1 is 0.844 bits per heavy atom. The first-order valence-corrected chi connectivity index (χ1v) is 15.5. The van der Waals surface area contributed by atoms with Crippen molar-refractivity contribution in [3.05, 3.63) is 127 Å². The molecule has 225 valence electrons. The van der Waals surface area contributed by atoms with Gasteiger partial charge in [-0.25, -0.2) is 0 Å². The van der Waals surface area contributed by atoms with E-state index in [1.807, 2.05) is 60.7 Å². The number of benzene rings is 4. The van der Waals surface area contributed by atoms with Crippen molar-refractivity contribution >= 4 is 39.0 Å². The second-order valence-electron chi connectivity index (χ2n) is 12.4. The molecule has 0 atom stereocenters. The molecule has 7 aromatic rings. The first-order chi connectivity index (χ1) is 21.6. The van der Waals surface area contributed by atoms with E-state index in [0.29, 0.717) is 5.92 Å². The van der Waals surface area contributed by atoms with E-state index in [9.17, 15) is 0 Å². The molecule has 45 heavy (non-hydrogen) atoms. The zero-order valence-corrected chi connectivity index (χ0v) is 27.8. The number of rotatable bonds is 3. The Kier molecular flexibility index (Phi) is 7.77. The van der Waals surface area contributed by atoms with Crippen molar-refractivity contribution in [2.24, 2.45) is 0 Å². The van der Waals surface area contributed by atoms with Crippen LogP contribution in [0.15, 0.2) is 108 Å². The molecular formula is C40H33IrN3O-2. The Balaban J connectivity index is 0.000000146. The van der Waals surface area contributed by atoms with Crippen molar-refractivity contribution < 1.29 is 24.5 Å². The minimum atomic E-state index is -0.0882. The Labute approximate surface area is 277 Å². The number of imidazole rings is 1. The van der Waals surface area contributed by atoms with Crippen molar-refractivity contribution in [3.8, 4) is 22.6 Å². The Bertz CT molecular complexity index is 2150. The van der Waals surface area contributed by atoms with E-state index in [0.717, 1.165) is 50.1 Å². The number of fused-ring (bicyclic) bond motifs is 3. The predicted octanol–water partition coefficient (Wildman–Crippen LogP) is 10.4. The summed E-state index contributed by atoms with van der Waals surface area (Å²) in [5, 5.41) is 2.23. The Hall–Kier alpha value is -4.31. The molecule has 4 nitrogen and oxygen atoms in total. The summed E-state index contributed by atoms with van der Waals surface area (Å²) in [5.74, 6) is 1.73. The van der Waals surface area contributed by atoms with Gasteiger partial charge in [-0.1, -0.05) is 72.3 Å². The number of hydrogen-bond donors (Lipinski definition) is 0. The predicted molar refractivity (Wildman–Crippen MR) is 179 cm³/mol. The maximum Gasteiger partial charge on any atom is 0.120 e. The van der Waals surface area contributed by atoms with Crippen LogP contribution >= 0.6 is 0 Å². The fourth-order valence-electron chi connectivity index (χ4n) is 7.00. The Morgan fingerprint density at radius 3 is 2.47 bits per heavy atom. The molecule has 0 saturated heterocycles.